The Hall–Kier alpha value is -0.670. The first-order valence-electron chi connectivity index (χ1n) is 6.48. The van der Waals surface area contributed by atoms with Crippen molar-refractivity contribution in [2.75, 3.05) is 20.1 Å². The lowest BCUT2D eigenvalue weighted by Crippen LogP contribution is -2.28. The van der Waals surface area contributed by atoms with Crippen LogP contribution in [0.3, 0.4) is 0 Å². The molecule has 1 aromatic rings. The van der Waals surface area contributed by atoms with E-state index in [9.17, 15) is 0 Å². The van der Waals surface area contributed by atoms with E-state index < -0.39 is 0 Å². The number of nitrogens with zero attached hydrogens (tertiary/aromatic N) is 2. The molecule has 1 atom stereocenters. The van der Waals surface area contributed by atoms with Crippen LogP contribution in [-0.4, -0.2) is 30.0 Å². The molecule has 0 aliphatic heterocycles. The van der Waals surface area contributed by atoms with E-state index in [-0.39, 0.29) is 0 Å². The molecule has 0 N–H and O–H groups in total. The standard InChI is InChI=1S/C14H22N2S/c1-12-14(17-11-15-12)8-9-16(2)10-13-6-4-3-5-7-13/h3-4,11,13H,5-10H2,1-2H3/t13-/m0/s1. The van der Waals surface area contributed by atoms with Crippen molar-refractivity contribution >= 4 is 11.3 Å². The fourth-order valence-electron chi connectivity index (χ4n) is 2.41. The van der Waals surface area contributed by atoms with Crippen LogP contribution in [0.5, 0.6) is 0 Å². The lowest BCUT2D eigenvalue weighted by Gasteiger charge is -2.24. The van der Waals surface area contributed by atoms with Gasteiger partial charge in [-0.15, -0.1) is 11.3 Å². The van der Waals surface area contributed by atoms with E-state index in [1.54, 1.807) is 11.3 Å². The summed E-state index contributed by atoms with van der Waals surface area (Å²) in [5.74, 6) is 0.868. The average Bonchev–Trinajstić information content (AvgIpc) is 2.74. The van der Waals surface area contributed by atoms with Gasteiger partial charge in [0.1, 0.15) is 0 Å². The fraction of sp³-hybridized carbons (Fsp3) is 0.643. The largest absolute Gasteiger partial charge is 0.306 e. The number of hydrogen-bond donors (Lipinski definition) is 0. The first kappa shape index (κ1) is 12.8. The van der Waals surface area contributed by atoms with Gasteiger partial charge in [-0.05, 0) is 45.6 Å². The second-order valence-corrected chi connectivity index (χ2v) is 5.96. The van der Waals surface area contributed by atoms with Crippen LogP contribution in [0.15, 0.2) is 17.7 Å². The van der Waals surface area contributed by atoms with Crippen LogP contribution < -0.4 is 0 Å². The van der Waals surface area contributed by atoms with Crippen LogP contribution in [-0.2, 0) is 6.42 Å². The van der Waals surface area contributed by atoms with Gasteiger partial charge in [0, 0.05) is 18.0 Å². The van der Waals surface area contributed by atoms with Gasteiger partial charge in [-0.1, -0.05) is 12.2 Å². The minimum atomic E-state index is 0.868. The number of hydrogen-bond acceptors (Lipinski definition) is 3. The maximum Gasteiger partial charge on any atom is 0.0797 e. The summed E-state index contributed by atoms with van der Waals surface area (Å²) in [5, 5.41) is 0. The zero-order valence-electron chi connectivity index (χ0n) is 10.9. The molecule has 0 saturated heterocycles. The number of allylic oxidation sites excluding steroid dienone is 2. The molecule has 0 fully saturated rings. The summed E-state index contributed by atoms with van der Waals surface area (Å²) in [6.07, 6.45) is 9.71. The van der Waals surface area contributed by atoms with E-state index in [0.29, 0.717) is 0 Å². The highest BCUT2D eigenvalue weighted by molar-refractivity contribution is 7.09. The highest BCUT2D eigenvalue weighted by atomic mass is 32.1. The van der Waals surface area contributed by atoms with Crippen LogP contribution in [0, 0.1) is 12.8 Å². The molecule has 1 aromatic heterocycles. The van der Waals surface area contributed by atoms with E-state index in [2.05, 4.69) is 36.0 Å². The topological polar surface area (TPSA) is 16.1 Å². The van der Waals surface area contributed by atoms with E-state index in [1.165, 1.54) is 36.4 Å². The minimum Gasteiger partial charge on any atom is -0.306 e. The number of thiazole rings is 1. The van der Waals surface area contributed by atoms with Gasteiger partial charge < -0.3 is 4.90 Å². The summed E-state index contributed by atoms with van der Waals surface area (Å²) in [4.78, 5) is 8.22. The predicted octanol–water partition coefficient (Wildman–Crippen LogP) is 3.28. The summed E-state index contributed by atoms with van der Waals surface area (Å²) in [7, 11) is 2.24. The molecule has 17 heavy (non-hydrogen) atoms. The van der Waals surface area contributed by atoms with Gasteiger partial charge in [-0.25, -0.2) is 4.98 Å². The normalized spacial score (nSPS) is 20.1. The third-order valence-electron chi connectivity index (χ3n) is 3.51. The summed E-state index contributed by atoms with van der Waals surface area (Å²) in [6, 6.07) is 0. The number of aromatic nitrogens is 1. The van der Waals surface area contributed by atoms with Crippen molar-refractivity contribution in [3.05, 3.63) is 28.2 Å². The molecule has 1 heterocycles. The number of rotatable bonds is 5. The van der Waals surface area contributed by atoms with Crippen molar-refractivity contribution < 1.29 is 0 Å². The molecule has 2 rings (SSSR count). The molecule has 0 aromatic carbocycles. The Morgan fingerprint density at radius 2 is 2.35 bits per heavy atom. The third-order valence-corrected chi connectivity index (χ3v) is 4.51. The molecule has 94 valence electrons. The highest BCUT2D eigenvalue weighted by Crippen LogP contribution is 2.19. The summed E-state index contributed by atoms with van der Waals surface area (Å²) < 4.78 is 0. The lowest BCUT2D eigenvalue weighted by atomic mass is 9.94. The SMILES string of the molecule is Cc1ncsc1CCN(C)C[C@H]1CC=CCC1. The summed E-state index contributed by atoms with van der Waals surface area (Å²) >= 11 is 1.79. The van der Waals surface area contributed by atoms with Gasteiger partial charge in [0.05, 0.1) is 11.2 Å². The fourth-order valence-corrected chi connectivity index (χ4v) is 3.18. The first-order chi connectivity index (χ1) is 8.25. The zero-order chi connectivity index (χ0) is 12.1. The molecule has 0 unspecified atom stereocenters. The van der Waals surface area contributed by atoms with Gasteiger partial charge in [0.2, 0.25) is 0 Å². The van der Waals surface area contributed by atoms with Gasteiger partial charge in [-0.3, -0.25) is 0 Å². The van der Waals surface area contributed by atoms with Crippen molar-refractivity contribution in [1.29, 1.82) is 0 Å². The molecule has 1 aliphatic carbocycles. The molecule has 0 amide bonds. The van der Waals surface area contributed by atoms with Gasteiger partial charge in [0.15, 0.2) is 0 Å². The van der Waals surface area contributed by atoms with Crippen molar-refractivity contribution in [2.24, 2.45) is 5.92 Å². The minimum absolute atomic E-state index is 0.868. The summed E-state index contributed by atoms with van der Waals surface area (Å²) in [6.45, 7) is 4.50. The second kappa shape index (κ2) is 6.31. The van der Waals surface area contributed by atoms with Gasteiger partial charge in [-0.2, -0.15) is 0 Å². The molecule has 0 radical (unpaired) electrons. The highest BCUT2D eigenvalue weighted by Gasteiger charge is 2.12. The lowest BCUT2D eigenvalue weighted by molar-refractivity contribution is 0.268. The summed E-state index contributed by atoms with van der Waals surface area (Å²) in [5.41, 5.74) is 3.17. The molecule has 0 spiro atoms. The molecule has 2 nitrogen and oxygen atoms in total. The Balaban J connectivity index is 1.72. The molecule has 0 bridgehead atoms. The van der Waals surface area contributed by atoms with E-state index >= 15 is 0 Å². The Morgan fingerprint density at radius 1 is 1.47 bits per heavy atom. The third kappa shape index (κ3) is 3.93. The monoisotopic (exact) mass is 250 g/mol. The number of aryl methyl sites for hydroxylation is 1. The Bertz CT molecular complexity index is 370. The van der Waals surface area contributed by atoms with Gasteiger partial charge in [0.25, 0.3) is 0 Å². The zero-order valence-corrected chi connectivity index (χ0v) is 11.7. The van der Waals surface area contributed by atoms with Crippen LogP contribution in [0.1, 0.15) is 29.8 Å². The quantitative estimate of drug-likeness (QED) is 0.746. The first-order valence-corrected chi connectivity index (χ1v) is 7.36. The maximum absolute atomic E-state index is 4.30. The second-order valence-electron chi connectivity index (χ2n) is 5.02. The Kier molecular flexibility index (Phi) is 4.75. The van der Waals surface area contributed by atoms with E-state index in [4.69, 9.17) is 0 Å². The van der Waals surface area contributed by atoms with Crippen LogP contribution >= 0.6 is 11.3 Å². The van der Waals surface area contributed by atoms with Crippen molar-refractivity contribution in [1.82, 2.24) is 9.88 Å². The predicted molar refractivity (Wildman–Crippen MR) is 74.5 cm³/mol. The van der Waals surface area contributed by atoms with Crippen molar-refractivity contribution in [2.45, 2.75) is 32.6 Å². The maximum atomic E-state index is 4.30. The molecule has 1 aliphatic rings. The average molecular weight is 250 g/mol. The smallest absolute Gasteiger partial charge is 0.0797 e. The van der Waals surface area contributed by atoms with E-state index in [1.807, 2.05) is 5.51 Å². The van der Waals surface area contributed by atoms with Crippen molar-refractivity contribution in [3.8, 4) is 0 Å². The van der Waals surface area contributed by atoms with Crippen LogP contribution in [0.25, 0.3) is 0 Å². The molecular weight excluding hydrogens is 228 g/mol. The van der Waals surface area contributed by atoms with E-state index in [0.717, 1.165) is 18.9 Å². The molecule has 0 saturated carbocycles. The molecular formula is C14H22N2S. The number of likely N-dealkylation sites (N-methyl/N-ethyl adjacent to an activating group) is 1. The Labute approximate surface area is 108 Å². The van der Waals surface area contributed by atoms with Gasteiger partial charge >= 0.3 is 0 Å². The van der Waals surface area contributed by atoms with Crippen molar-refractivity contribution in [3.63, 3.8) is 0 Å². The van der Waals surface area contributed by atoms with Crippen LogP contribution in [0.4, 0.5) is 0 Å². The molecule has 3 heteroatoms. The Morgan fingerprint density at radius 3 is 3.00 bits per heavy atom. The van der Waals surface area contributed by atoms with Crippen LogP contribution in [0.2, 0.25) is 0 Å².